The highest BCUT2D eigenvalue weighted by atomic mass is 19.2. The summed E-state index contributed by atoms with van der Waals surface area (Å²) in [6.07, 6.45) is 0.0681. The van der Waals surface area contributed by atoms with Crippen LogP contribution in [0.3, 0.4) is 0 Å². The van der Waals surface area contributed by atoms with Gasteiger partial charge in [-0.15, -0.1) is 0 Å². The summed E-state index contributed by atoms with van der Waals surface area (Å²) in [6.45, 7) is 4.74. The van der Waals surface area contributed by atoms with Crippen molar-refractivity contribution in [1.29, 1.82) is 0 Å². The van der Waals surface area contributed by atoms with Crippen molar-refractivity contribution in [3.8, 4) is 0 Å². The number of amides is 3. The molecule has 1 saturated heterocycles. The Morgan fingerprint density at radius 3 is 2.12 bits per heavy atom. The van der Waals surface area contributed by atoms with E-state index >= 15 is 0 Å². The van der Waals surface area contributed by atoms with Crippen LogP contribution in [-0.2, 0) is 14.4 Å². The van der Waals surface area contributed by atoms with Crippen LogP contribution in [0.15, 0.2) is 18.2 Å². The number of rotatable bonds is 4. The summed E-state index contributed by atoms with van der Waals surface area (Å²) in [7, 11) is 0. The highest BCUT2D eigenvalue weighted by Gasteiger charge is 2.23. The second kappa shape index (κ2) is 8.04. The van der Waals surface area contributed by atoms with E-state index in [1.54, 1.807) is 9.80 Å². The van der Waals surface area contributed by atoms with E-state index in [-0.39, 0.29) is 36.4 Å². The van der Waals surface area contributed by atoms with Crippen molar-refractivity contribution in [3.63, 3.8) is 0 Å². The number of hydrogen-bond donors (Lipinski definition) is 0. The maximum Gasteiger partial charge on any atom is 0.224 e. The molecule has 136 valence electrons. The number of halogens is 2. The lowest BCUT2D eigenvalue weighted by molar-refractivity contribution is -0.138. The molecule has 25 heavy (non-hydrogen) atoms. The van der Waals surface area contributed by atoms with Crippen molar-refractivity contribution in [2.75, 3.05) is 37.6 Å². The van der Waals surface area contributed by atoms with Crippen LogP contribution in [0.2, 0.25) is 0 Å². The van der Waals surface area contributed by atoms with Gasteiger partial charge in [0, 0.05) is 64.7 Å². The number of benzene rings is 1. The van der Waals surface area contributed by atoms with E-state index in [4.69, 9.17) is 0 Å². The van der Waals surface area contributed by atoms with E-state index in [1.807, 2.05) is 0 Å². The van der Waals surface area contributed by atoms with E-state index in [0.29, 0.717) is 26.2 Å². The molecule has 0 bridgehead atoms. The Hall–Kier alpha value is -2.51. The molecule has 0 unspecified atom stereocenters. The first-order valence-electron chi connectivity index (χ1n) is 8.06. The Morgan fingerprint density at radius 2 is 1.60 bits per heavy atom. The Balaban J connectivity index is 1.95. The molecule has 0 saturated carbocycles. The fraction of sp³-hybridized carbons (Fsp3) is 0.471. The number of piperazine rings is 1. The number of nitrogens with zero attached hydrogens (tertiary/aromatic N) is 3. The van der Waals surface area contributed by atoms with Gasteiger partial charge in [-0.05, 0) is 12.1 Å². The molecular weight excluding hydrogens is 332 g/mol. The van der Waals surface area contributed by atoms with Gasteiger partial charge >= 0.3 is 0 Å². The highest BCUT2D eigenvalue weighted by molar-refractivity contribution is 5.92. The van der Waals surface area contributed by atoms with Crippen molar-refractivity contribution in [1.82, 2.24) is 9.80 Å². The van der Waals surface area contributed by atoms with Gasteiger partial charge in [0.05, 0.1) is 0 Å². The average Bonchev–Trinajstić information content (AvgIpc) is 2.57. The lowest BCUT2D eigenvalue weighted by Crippen LogP contribution is -2.50. The molecule has 2 rings (SSSR count). The molecule has 6 nitrogen and oxygen atoms in total. The predicted molar refractivity (Wildman–Crippen MR) is 87.8 cm³/mol. The average molecular weight is 353 g/mol. The molecule has 1 aromatic rings. The Kier molecular flexibility index (Phi) is 6.06. The second-order valence-electron chi connectivity index (χ2n) is 5.91. The van der Waals surface area contributed by atoms with Crippen LogP contribution in [-0.4, -0.2) is 60.2 Å². The van der Waals surface area contributed by atoms with Gasteiger partial charge in [-0.1, -0.05) is 0 Å². The Bertz CT molecular complexity index is 673. The Morgan fingerprint density at radius 1 is 1.00 bits per heavy atom. The van der Waals surface area contributed by atoms with Gasteiger partial charge in [0.2, 0.25) is 17.7 Å². The molecule has 3 amide bonds. The maximum absolute atomic E-state index is 13.4. The zero-order valence-electron chi connectivity index (χ0n) is 14.3. The molecule has 0 aliphatic carbocycles. The molecule has 0 spiro atoms. The van der Waals surface area contributed by atoms with Gasteiger partial charge in [0.15, 0.2) is 11.6 Å². The van der Waals surface area contributed by atoms with Crippen molar-refractivity contribution >= 4 is 23.4 Å². The van der Waals surface area contributed by atoms with Crippen LogP contribution in [0.5, 0.6) is 0 Å². The van der Waals surface area contributed by atoms with Crippen molar-refractivity contribution in [2.24, 2.45) is 0 Å². The van der Waals surface area contributed by atoms with Crippen molar-refractivity contribution in [3.05, 3.63) is 29.8 Å². The fourth-order valence-electron chi connectivity index (χ4n) is 2.76. The van der Waals surface area contributed by atoms with E-state index in [1.165, 1.54) is 24.8 Å². The topological polar surface area (TPSA) is 60.9 Å². The SMILES string of the molecule is CC(=O)N1CCN(C(=O)CCN(C(C)=O)c2ccc(F)c(F)c2)CC1. The third-order valence-corrected chi connectivity index (χ3v) is 4.22. The van der Waals surface area contributed by atoms with Gasteiger partial charge in [-0.25, -0.2) is 8.78 Å². The summed E-state index contributed by atoms with van der Waals surface area (Å²) >= 11 is 0. The molecule has 1 aliphatic heterocycles. The van der Waals surface area contributed by atoms with Crippen LogP contribution in [0.1, 0.15) is 20.3 Å². The second-order valence-corrected chi connectivity index (χ2v) is 5.91. The summed E-state index contributed by atoms with van der Waals surface area (Å²) in [5.74, 6) is -2.56. The first-order chi connectivity index (χ1) is 11.8. The quantitative estimate of drug-likeness (QED) is 0.822. The zero-order chi connectivity index (χ0) is 18.6. The molecular formula is C17H21F2N3O3. The number of carbonyl (C=O) groups is 3. The van der Waals surface area contributed by atoms with Crippen LogP contribution < -0.4 is 4.90 Å². The van der Waals surface area contributed by atoms with Gasteiger partial charge < -0.3 is 14.7 Å². The minimum absolute atomic E-state index is 0.0202. The van der Waals surface area contributed by atoms with E-state index in [0.717, 1.165) is 12.1 Å². The van der Waals surface area contributed by atoms with Crippen LogP contribution in [0, 0.1) is 11.6 Å². The molecule has 0 radical (unpaired) electrons. The smallest absolute Gasteiger partial charge is 0.224 e. The summed E-state index contributed by atoms with van der Waals surface area (Å²) in [4.78, 5) is 39.9. The third-order valence-electron chi connectivity index (χ3n) is 4.22. The number of hydrogen-bond acceptors (Lipinski definition) is 3. The first kappa shape index (κ1) is 18.8. The zero-order valence-corrected chi connectivity index (χ0v) is 14.3. The molecule has 1 aromatic carbocycles. The molecule has 0 N–H and O–H groups in total. The van der Waals surface area contributed by atoms with Gasteiger partial charge in [0.1, 0.15) is 0 Å². The largest absolute Gasteiger partial charge is 0.339 e. The predicted octanol–water partition coefficient (Wildman–Crippen LogP) is 1.40. The van der Waals surface area contributed by atoms with Gasteiger partial charge in [-0.3, -0.25) is 14.4 Å². The van der Waals surface area contributed by atoms with Crippen LogP contribution in [0.25, 0.3) is 0 Å². The maximum atomic E-state index is 13.4. The minimum atomic E-state index is -1.05. The first-order valence-corrected chi connectivity index (χ1v) is 8.06. The lowest BCUT2D eigenvalue weighted by Gasteiger charge is -2.34. The van der Waals surface area contributed by atoms with Crippen LogP contribution >= 0.6 is 0 Å². The highest BCUT2D eigenvalue weighted by Crippen LogP contribution is 2.19. The molecule has 8 heteroatoms. The summed E-state index contributed by atoms with van der Waals surface area (Å²) in [5.41, 5.74) is 0.209. The van der Waals surface area contributed by atoms with E-state index < -0.39 is 11.6 Å². The van der Waals surface area contributed by atoms with E-state index in [2.05, 4.69) is 0 Å². The summed E-state index contributed by atoms with van der Waals surface area (Å²) < 4.78 is 26.4. The molecule has 0 aromatic heterocycles. The molecule has 0 atom stereocenters. The fourth-order valence-corrected chi connectivity index (χ4v) is 2.76. The van der Waals surface area contributed by atoms with Crippen LogP contribution in [0.4, 0.5) is 14.5 Å². The van der Waals surface area contributed by atoms with Gasteiger partial charge in [0.25, 0.3) is 0 Å². The molecule has 1 fully saturated rings. The summed E-state index contributed by atoms with van der Waals surface area (Å²) in [5, 5.41) is 0. The third kappa shape index (κ3) is 4.74. The Labute approximate surface area is 145 Å². The number of carbonyl (C=O) groups excluding carboxylic acids is 3. The van der Waals surface area contributed by atoms with Crippen molar-refractivity contribution < 1.29 is 23.2 Å². The number of anilines is 1. The van der Waals surface area contributed by atoms with Gasteiger partial charge in [-0.2, -0.15) is 0 Å². The monoisotopic (exact) mass is 353 g/mol. The normalized spacial score (nSPS) is 14.4. The standard InChI is InChI=1S/C17H21F2N3O3/c1-12(23)20-7-9-21(10-8-20)17(25)5-6-22(13(2)24)14-3-4-15(18)16(19)11-14/h3-4,11H,5-10H2,1-2H3. The minimum Gasteiger partial charge on any atom is -0.339 e. The molecule has 1 aliphatic rings. The van der Waals surface area contributed by atoms with Crippen molar-refractivity contribution in [2.45, 2.75) is 20.3 Å². The van der Waals surface area contributed by atoms with E-state index in [9.17, 15) is 23.2 Å². The molecule has 1 heterocycles. The lowest BCUT2D eigenvalue weighted by atomic mass is 10.2. The summed E-state index contributed by atoms with van der Waals surface area (Å²) in [6, 6.07) is 3.19.